The van der Waals surface area contributed by atoms with Crippen LogP contribution in [0.25, 0.3) is 22.6 Å². The molecule has 2 aromatic heterocycles. The van der Waals surface area contributed by atoms with Crippen molar-refractivity contribution in [3.05, 3.63) is 33.2 Å². The van der Waals surface area contributed by atoms with Crippen molar-refractivity contribution in [2.45, 2.75) is 20.4 Å². The fraction of sp³-hybridized carbons (Fsp3) is 0.267. The number of hydrogen-bond acceptors (Lipinski definition) is 3. The molecule has 0 bridgehead atoms. The van der Waals surface area contributed by atoms with Gasteiger partial charge in [-0.15, -0.1) is 0 Å². The van der Waals surface area contributed by atoms with E-state index in [0.717, 1.165) is 20.0 Å². The summed E-state index contributed by atoms with van der Waals surface area (Å²) in [6, 6.07) is 6.70. The summed E-state index contributed by atoms with van der Waals surface area (Å²) in [6.45, 7) is 4.87. The molecule has 6 nitrogen and oxygen atoms in total. The average Bonchev–Trinajstić information content (AvgIpc) is 3.03. The highest BCUT2D eigenvalue weighted by Gasteiger charge is 2.25. The highest BCUT2D eigenvalue weighted by atomic mass is 79.9. The third kappa shape index (κ3) is 3.39. The van der Waals surface area contributed by atoms with Crippen molar-refractivity contribution in [2.24, 2.45) is 5.92 Å². The van der Waals surface area contributed by atoms with E-state index in [1.165, 1.54) is 12.1 Å². The van der Waals surface area contributed by atoms with Gasteiger partial charge in [-0.3, -0.25) is 4.57 Å². The second kappa shape index (κ2) is 6.42. The van der Waals surface area contributed by atoms with Crippen LogP contribution in [-0.4, -0.2) is 19.3 Å². The lowest BCUT2D eigenvalue weighted by Gasteiger charge is -2.11. The van der Waals surface area contributed by atoms with E-state index in [2.05, 4.69) is 50.7 Å². The molecular formula is C15H15Br2N2O4P. The molecule has 0 fully saturated rings. The second-order valence-electron chi connectivity index (χ2n) is 5.88. The van der Waals surface area contributed by atoms with Gasteiger partial charge in [0.2, 0.25) is 5.50 Å². The third-order valence-corrected chi connectivity index (χ3v) is 5.30. The molecule has 0 unspecified atom stereocenters. The van der Waals surface area contributed by atoms with Crippen molar-refractivity contribution in [1.82, 2.24) is 9.55 Å². The van der Waals surface area contributed by atoms with Gasteiger partial charge < -0.3 is 18.8 Å². The highest BCUT2D eigenvalue weighted by molar-refractivity contribution is 9.11. The van der Waals surface area contributed by atoms with Crippen LogP contribution >= 0.6 is 39.5 Å². The van der Waals surface area contributed by atoms with Gasteiger partial charge in [-0.1, -0.05) is 29.8 Å². The molecule has 2 heterocycles. The molecule has 0 atom stereocenters. The molecular weight excluding hydrogens is 463 g/mol. The van der Waals surface area contributed by atoms with Crippen LogP contribution < -0.4 is 5.50 Å². The summed E-state index contributed by atoms with van der Waals surface area (Å²) in [5.74, 6) is 1.22. The van der Waals surface area contributed by atoms with E-state index >= 15 is 0 Å². The number of rotatable bonds is 4. The first-order valence-corrected chi connectivity index (χ1v) is 10.4. The summed E-state index contributed by atoms with van der Waals surface area (Å²) in [5, 5.41) is 0. The Morgan fingerprint density at radius 2 is 2.00 bits per heavy atom. The van der Waals surface area contributed by atoms with Crippen LogP contribution in [-0.2, 0) is 11.1 Å². The predicted octanol–water partition coefficient (Wildman–Crippen LogP) is 4.28. The lowest BCUT2D eigenvalue weighted by molar-refractivity contribution is 0.377. The Morgan fingerprint density at radius 1 is 1.29 bits per heavy atom. The summed E-state index contributed by atoms with van der Waals surface area (Å²) < 4.78 is 20.5. The summed E-state index contributed by atoms with van der Waals surface area (Å²) in [5.41, 5.74) is 1.32. The SMILES string of the molecule is CC(C)Cn1c(-c2ccc(P(=O)(O)O)o2)nc2c(Br)cc(Br)cc21. The molecule has 0 saturated carbocycles. The lowest BCUT2D eigenvalue weighted by atomic mass is 10.2. The molecule has 0 saturated heterocycles. The number of furan rings is 1. The standard InChI is InChI=1S/C15H15Br2N2O4P/c1-8(2)7-19-11-6-9(16)5-10(17)14(11)18-15(19)12-3-4-13(23-12)24(20,21)22/h3-6,8H,7H2,1-2H3,(H2,20,21,22). The van der Waals surface area contributed by atoms with Crippen LogP contribution in [0.1, 0.15) is 13.8 Å². The topological polar surface area (TPSA) is 88.5 Å². The Kier molecular flexibility index (Phi) is 4.79. The van der Waals surface area contributed by atoms with E-state index < -0.39 is 7.60 Å². The Hall–Kier alpha value is -0.920. The molecule has 24 heavy (non-hydrogen) atoms. The maximum Gasteiger partial charge on any atom is 0.391 e. The van der Waals surface area contributed by atoms with Crippen molar-refractivity contribution in [2.75, 3.05) is 0 Å². The van der Waals surface area contributed by atoms with Gasteiger partial charge in [-0.05, 0) is 46.1 Å². The highest BCUT2D eigenvalue weighted by Crippen LogP contribution is 2.37. The second-order valence-corrected chi connectivity index (χ2v) is 9.18. The van der Waals surface area contributed by atoms with Gasteiger partial charge in [0.1, 0.15) is 5.52 Å². The third-order valence-electron chi connectivity index (χ3n) is 3.42. The number of halogens is 2. The maximum atomic E-state index is 11.4. The first-order chi connectivity index (χ1) is 11.2. The first kappa shape index (κ1) is 17.9. The van der Waals surface area contributed by atoms with Crippen LogP contribution in [0.5, 0.6) is 0 Å². The minimum absolute atomic E-state index is 0.327. The summed E-state index contributed by atoms with van der Waals surface area (Å²) in [4.78, 5) is 23.1. The van der Waals surface area contributed by atoms with Crippen LogP contribution in [0.4, 0.5) is 0 Å². The van der Waals surface area contributed by atoms with Crippen molar-refractivity contribution in [1.29, 1.82) is 0 Å². The molecule has 0 spiro atoms. The molecule has 1 aromatic carbocycles. The van der Waals surface area contributed by atoms with E-state index in [1.54, 1.807) is 0 Å². The Bertz CT molecular complexity index is 958. The molecule has 0 aliphatic rings. The summed E-state index contributed by atoms with van der Waals surface area (Å²) in [6.07, 6.45) is 0. The number of nitrogens with zero attached hydrogens (tertiary/aromatic N) is 2. The Labute approximate surface area is 155 Å². The quantitative estimate of drug-likeness (QED) is 0.547. The molecule has 2 N–H and O–H groups in total. The first-order valence-electron chi connectivity index (χ1n) is 7.18. The Morgan fingerprint density at radius 3 is 2.58 bits per heavy atom. The van der Waals surface area contributed by atoms with E-state index in [9.17, 15) is 14.4 Å². The van der Waals surface area contributed by atoms with Gasteiger partial charge in [0.05, 0.1) is 5.52 Å². The molecule has 0 radical (unpaired) electrons. The van der Waals surface area contributed by atoms with Gasteiger partial charge in [0, 0.05) is 15.5 Å². The average molecular weight is 478 g/mol. The monoisotopic (exact) mass is 476 g/mol. The zero-order chi connectivity index (χ0) is 17.6. The van der Waals surface area contributed by atoms with Crippen LogP contribution in [0.15, 0.2) is 37.6 Å². The largest absolute Gasteiger partial charge is 0.445 e. The molecule has 0 aliphatic heterocycles. The number of benzene rings is 1. The molecule has 0 aliphatic carbocycles. The van der Waals surface area contributed by atoms with Gasteiger partial charge in [0.25, 0.3) is 0 Å². The molecule has 3 aromatic rings. The van der Waals surface area contributed by atoms with Gasteiger partial charge in [0.15, 0.2) is 11.6 Å². The van der Waals surface area contributed by atoms with E-state index in [1.807, 2.05) is 16.7 Å². The van der Waals surface area contributed by atoms with Gasteiger partial charge in [-0.2, -0.15) is 0 Å². The lowest BCUT2D eigenvalue weighted by Crippen LogP contribution is -2.06. The van der Waals surface area contributed by atoms with Gasteiger partial charge >= 0.3 is 7.60 Å². The van der Waals surface area contributed by atoms with Crippen LogP contribution in [0, 0.1) is 5.92 Å². The fourth-order valence-electron chi connectivity index (χ4n) is 2.49. The Balaban J connectivity index is 2.25. The van der Waals surface area contributed by atoms with Crippen molar-refractivity contribution in [3.8, 4) is 11.6 Å². The maximum absolute atomic E-state index is 11.4. The summed E-state index contributed by atoms with van der Waals surface area (Å²) in [7, 11) is -4.43. The number of hydrogen-bond donors (Lipinski definition) is 2. The molecule has 128 valence electrons. The van der Waals surface area contributed by atoms with Crippen molar-refractivity contribution >= 4 is 56.0 Å². The number of aromatic nitrogens is 2. The minimum atomic E-state index is -4.43. The van der Waals surface area contributed by atoms with Crippen molar-refractivity contribution in [3.63, 3.8) is 0 Å². The fourth-order valence-corrected chi connectivity index (χ4v) is 4.27. The molecule has 9 heteroatoms. The summed E-state index contributed by atoms with van der Waals surface area (Å²) >= 11 is 6.99. The van der Waals surface area contributed by atoms with Crippen molar-refractivity contribution < 1.29 is 18.8 Å². The van der Waals surface area contributed by atoms with E-state index in [0.29, 0.717) is 24.0 Å². The predicted molar refractivity (Wildman–Crippen MR) is 99.4 cm³/mol. The molecule has 0 amide bonds. The minimum Gasteiger partial charge on any atom is -0.445 e. The zero-order valence-electron chi connectivity index (χ0n) is 12.9. The normalized spacial score (nSPS) is 12.5. The van der Waals surface area contributed by atoms with E-state index in [4.69, 9.17) is 4.42 Å². The number of fused-ring (bicyclic) bond motifs is 1. The van der Waals surface area contributed by atoms with Crippen LogP contribution in [0.3, 0.4) is 0 Å². The number of imidazole rings is 1. The molecule has 3 rings (SSSR count). The van der Waals surface area contributed by atoms with Crippen LogP contribution in [0.2, 0.25) is 0 Å². The van der Waals surface area contributed by atoms with Gasteiger partial charge in [-0.25, -0.2) is 4.98 Å². The van der Waals surface area contributed by atoms with E-state index in [-0.39, 0.29) is 5.50 Å². The smallest absolute Gasteiger partial charge is 0.391 e. The zero-order valence-corrected chi connectivity index (χ0v) is 17.0.